The number of aliphatic hydroxyl groups is 1. The molecule has 1 rings (SSSR count). The number of carbonyl (C=O) groups is 2. The zero-order chi connectivity index (χ0) is 19.4. The number of nitrogens with zero attached hydrogens (tertiary/aromatic N) is 2. The van der Waals surface area contributed by atoms with Gasteiger partial charge in [0.05, 0.1) is 12.1 Å². The minimum atomic E-state index is -1.11. The Bertz CT molecular complexity index is 687. The minimum absolute atomic E-state index is 0.000393. The number of hydrogen-bond acceptors (Lipinski definition) is 4. The van der Waals surface area contributed by atoms with Gasteiger partial charge in [0.25, 0.3) is 0 Å². The van der Waals surface area contributed by atoms with Crippen molar-refractivity contribution in [3.8, 4) is 0 Å². The van der Waals surface area contributed by atoms with Gasteiger partial charge in [-0.15, -0.1) is 0 Å². The number of amides is 1. The monoisotopic (exact) mass is 354 g/mol. The molecule has 5 nitrogen and oxygen atoms in total. The van der Waals surface area contributed by atoms with Crippen molar-refractivity contribution in [3.63, 3.8) is 0 Å². The van der Waals surface area contributed by atoms with Gasteiger partial charge >= 0.3 is 0 Å². The number of carbonyl (C=O) groups excluding carboxylic acids is 2. The lowest BCUT2D eigenvalue weighted by Gasteiger charge is -2.41. The molecule has 0 aromatic heterocycles. The molecule has 0 aliphatic heterocycles. The predicted molar refractivity (Wildman–Crippen MR) is 90.4 cm³/mol. The molecule has 0 atom stereocenters. The average molecular weight is 354 g/mol. The molecule has 0 unspecified atom stereocenters. The lowest BCUT2D eigenvalue weighted by Crippen LogP contribution is -2.52. The first-order valence-corrected chi connectivity index (χ1v) is 7.89. The van der Waals surface area contributed by atoms with Crippen molar-refractivity contribution in [2.24, 2.45) is 0 Å². The molecule has 0 radical (unpaired) electrons. The summed E-state index contributed by atoms with van der Waals surface area (Å²) >= 11 is 0. The Morgan fingerprint density at radius 3 is 2.44 bits per heavy atom. The molecule has 0 aliphatic carbocycles. The van der Waals surface area contributed by atoms with E-state index in [2.05, 4.69) is 0 Å². The number of Topliss-reactive ketones (excluding diaryl/α,β-unsaturated/α-hetero) is 1. The maximum absolute atomic E-state index is 13.9. The van der Waals surface area contributed by atoms with Gasteiger partial charge in [0.2, 0.25) is 6.41 Å². The van der Waals surface area contributed by atoms with Crippen molar-refractivity contribution in [1.29, 1.82) is 0 Å². The maximum atomic E-state index is 13.9. The second-order valence-electron chi connectivity index (χ2n) is 6.25. The van der Waals surface area contributed by atoms with Crippen molar-refractivity contribution in [1.82, 2.24) is 10.0 Å². The summed E-state index contributed by atoms with van der Waals surface area (Å²) in [6.45, 7) is 6.20. The zero-order valence-electron chi connectivity index (χ0n) is 15.1. The van der Waals surface area contributed by atoms with Crippen molar-refractivity contribution in [2.75, 3.05) is 7.05 Å². The number of ketones is 1. The SMILES string of the molecule is CCC(=O)/C(C)=C(\O)C(C)(C)N(C)N(C=O)Cc1cccc(F)c1F. The van der Waals surface area contributed by atoms with Crippen LogP contribution in [0.5, 0.6) is 0 Å². The van der Waals surface area contributed by atoms with Crippen LogP contribution in [0.4, 0.5) is 8.78 Å². The molecule has 0 fully saturated rings. The number of benzene rings is 1. The Morgan fingerprint density at radius 2 is 1.92 bits per heavy atom. The summed E-state index contributed by atoms with van der Waals surface area (Å²) in [5, 5.41) is 13.0. The summed E-state index contributed by atoms with van der Waals surface area (Å²) in [6, 6.07) is 3.71. The van der Waals surface area contributed by atoms with Crippen molar-refractivity contribution < 1.29 is 23.5 Å². The first-order valence-electron chi connectivity index (χ1n) is 7.89. The Kier molecular flexibility index (Phi) is 6.81. The van der Waals surface area contributed by atoms with E-state index in [-0.39, 0.29) is 35.6 Å². The summed E-state index contributed by atoms with van der Waals surface area (Å²) in [4.78, 5) is 23.3. The number of hydrogen-bond donors (Lipinski definition) is 1. The molecule has 1 N–H and O–H groups in total. The van der Waals surface area contributed by atoms with Gasteiger partial charge in [-0.2, -0.15) is 0 Å². The van der Waals surface area contributed by atoms with E-state index in [4.69, 9.17) is 0 Å². The second-order valence-corrected chi connectivity index (χ2v) is 6.25. The topological polar surface area (TPSA) is 60.9 Å². The molecule has 0 saturated heterocycles. The van der Waals surface area contributed by atoms with Crippen LogP contribution in [0.1, 0.15) is 39.7 Å². The van der Waals surface area contributed by atoms with E-state index in [1.807, 2.05) is 0 Å². The summed E-state index contributed by atoms with van der Waals surface area (Å²) < 4.78 is 27.2. The molecule has 0 saturated carbocycles. The van der Waals surface area contributed by atoms with Gasteiger partial charge in [0, 0.05) is 24.6 Å². The highest BCUT2D eigenvalue weighted by Gasteiger charge is 2.34. The van der Waals surface area contributed by atoms with Crippen molar-refractivity contribution >= 4 is 12.2 Å². The number of halogens is 2. The predicted octanol–water partition coefficient (Wildman–Crippen LogP) is 3.36. The van der Waals surface area contributed by atoms with Crippen LogP contribution in [-0.2, 0) is 16.1 Å². The summed E-state index contributed by atoms with van der Waals surface area (Å²) in [6.07, 6.45) is 0.692. The van der Waals surface area contributed by atoms with Crippen LogP contribution in [0.25, 0.3) is 0 Å². The van der Waals surface area contributed by atoms with E-state index in [9.17, 15) is 23.5 Å². The molecule has 0 heterocycles. The molecule has 1 aromatic carbocycles. The highest BCUT2D eigenvalue weighted by Crippen LogP contribution is 2.26. The van der Waals surface area contributed by atoms with Gasteiger partial charge in [0.1, 0.15) is 5.76 Å². The molecular formula is C18H24F2N2O3. The Labute approximate surface area is 146 Å². The van der Waals surface area contributed by atoms with Crippen molar-refractivity contribution in [3.05, 3.63) is 46.7 Å². The molecule has 7 heteroatoms. The van der Waals surface area contributed by atoms with Crippen LogP contribution in [0, 0.1) is 11.6 Å². The molecule has 0 aliphatic rings. The number of allylic oxidation sites excluding steroid dienone is 1. The van der Waals surface area contributed by atoms with Crippen LogP contribution in [0.3, 0.4) is 0 Å². The lowest BCUT2D eigenvalue weighted by atomic mass is 9.95. The molecule has 1 amide bonds. The van der Waals surface area contributed by atoms with Gasteiger partial charge in [0.15, 0.2) is 17.4 Å². The highest BCUT2D eigenvalue weighted by molar-refractivity contribution is 5.95. The Balaban J connectivity index is 3.16. The Hall–Kier alpha value is -2.28. The van der Waals surface area contributed by atoms with E-state index in [1.54, 1.807) is 20.8 Å². The molecular weight excluding hydrogens is 330 g/mol. The fourth-order valence-corrected chi connectivity index (χ4v) is 2.39. The third-order valence-electron chi connectivity index (χ3n) is 4.35. The quantitative estimate of drug-likeness (QED) is 0.337. The fraction of sp³-hybridized carbons (Fsp3) is 0.444. The Morgan fingerprint density at radius 1 is 1.32 bits per heavy atom. The maximum Gasteiger partial charge on any atom is 0.224 e. The number of aliphatic hydroxyl groups excluding tert-OH is 1. The molecule has 0 bridgehead atoms. The normalized spacial score (nSPS) is 12.8. The summed E-state index contributed by atoms with van der Waals surface area (Å²) in [5.41, 5.74) is -0.915. The van der Waals surface area contributed by atoms with Crippen LogP contribution < -0.4 is 0 Å². The zero-order valence-corrected chi connectivity index (χ0v) is 15.1. The molecule has 1 aromatic rings. The van der Waals surface area contributed by atoms with Gasteiger partial charge in [-0.05, 0) is 26.8 Å². The van der Waals surface area contributed by atoms with E-state index in [1.165, 1.54) is 31.1 Å². The first-order chi connectivity index (χ1) is 11.6. The third kappa shape index (κ3) is 4.42. The average Bonchev–Trinajstić information content (AvgIpc) is 2.60. The van der Waals surface area contributed by atoms with Gasteiger partial charge < -0.3 is 5.11 Å². The van der Waals surface area contributed by atoms with Crippen LogP contribution >= 0.6 is 0 Å². The van der Waals surface area contributed by atoms with Gasteiger partial charge in [-0.3, -0.25) is 14.6 Å². The standard InChI is InChI=1S/C18H24F2N2O3/c1-6-15(24)12(2)17(25)18(3,4)21(5)22(11-23)10-13-8-7-9-14(19)16(13)20/h7-9,11,25H,6,10H2,1-5H3/b17-12-. The second kappa shape index (κ2) is 8.20. The highest BCUT2D eigenvalue weighted by atomic mass is 19.2. The summed E-state index contributed by atoms with van der Waals surface area (Å²) in [5.74, 6) is -2.43. The summed E-state index contributed by atoms with van der Waals surface area (Å²) in [7, 11) is 1.52. The van der Waals surface area contributed by atoms with Crippen LogP contribution in [0.2, 0.25) is 0 Å². The number of rotatable bonds is 8. The number of hydrazine groups is 1. The number of likely N-dealkylation sites (N-methyl/N-ethyl adjacent to an activating group) is 1. The largest absolute Gasteiger partial charge is 0.510 e. The van der Waals surface area contributed by atoms with Gasteiger partial charge in [-0.1, -0.05) is 19.1 Å². The molecule has 0 spiro atoms. The van der Waals surface area contributed by atoms with E-state index in [0.717, 1.165) is 11.1 Å². The smallest absolute Gasteiger partial charge is 0.224 e. The van der Waals surface area contributed by atoms with Crippen molar-refractivity contribution in [2.45, 2.75) is 46.2 Å². The van der Waals surface area contributed by atoms with E-state index in [0.29, 0.717) is 6.41 Å². The molecule has 138 valence electrons. The fourth-order valence-electron chi connectivity index (χ4n) is 2.39. The first kappa shape index (κ1) is 20.8. The van der Waals surface area contributed by atoms with Gasteiger partial charge in [-0.25, -0.2) is 13.8 Å². The van der Waals surface area contributed by atoms with Crippen LogP contribution in [0.15, 0.2) is 29.5 Å². The van der Waals surface area contributed by atoms with E-state index >= 15 is 0 Å². The van der Waals surface area contributed by atoms with E-state index < -0.39 is 17.2 Å². The van der Waals surface area contributed by atoms with Crippen LogP contribution in [-0.4, -0.2) is 39.9 Å². The molecule has 25 heavy (non-hydrogen) atoms. The minimum Gasteiger partial charge on any atom is -0.510 e. The lowest BCUT2D eigenvalue weighted by molar-refractivity contribution is -0.143. The third-order valence-corrected chi connectivity index (χ3v) is 4.35.